The number of thioether (sulfide) groups is 1. The first kappa shape index (κ1) is 22.5. The lowest BCUT2D eigenvalue weighted by Gasteiger charge is -2.33. The number of hydrogen-bond acceptors (Lipinski definition) is 6. The van der Waals surface area contributed by atoms with E-state index in [4.69, 9.17) is 4.74 Å². The number of para-hydroxylation sites is 1. The number of aryl methyl sites for hydroxylation is 1. The maximum atomic E-state index is 13.4. The summed E-state index contributed by atoms with van der Waals surface area (Å²) in [5, 5.41) is 11.8. The van der Waals surface area contributed by atoms with Crippen LogP contribution in [0, 0.1) is 6.92 Å². The van der Waals surface area contributed by atoms with Crippen LogP contribution >= 0.6 is 27.7 Å². The summed E-state index contributed by atoms with van der Waals surface area (Å²) in [7, 11) is 0. The van der Waals surface area contributed by atoms with Crippen LogP contribution < -0.4 is 15.5 Å². The van der Waals surface area contributed by atoms with Gasteiger partial charge in [-0.3, -0.25) is 4.79 Å². The van der Waals surface area contributed by atoms with Crippen LogP contribution in [0.1, 0.15) is 23.0 Å². The predicted molar refractivity (Wildman–Crippen MR) is 136 cm³/mol. The van der Waals surface area contributed by atoms with Crippen molar-refractivity contribution in [3.8, 4) is 5.75 Å². The van der Waals surface area contributed by atoms with Crippen LogP contribution in [0.15, 0.2) is 88.5 Å². The van der Waals surface area contributed by atoms with Gasteiger partial charge in [0.1, 0.15) is 17.6 Å². The normalized spacial score (nSPS) is 16.9. The molecule has 34 heavy (non-hydrogen) atoms. The fourth-order valence-electron chi connectivity index (χ4n) is 3.63. The van der Waals surface area contributed by atoms with E-state index in [9.17, 15) is 4.79 Å². The Morgan fingerprint density at radius 2 is 1.79 bits per heavy atom. The SMILES string of the molecule is Cc1ccc(C2Nn3c(COc4ccccc4)nnc3SC2C(=O)Nc2ccc(Br)cc2)cc1. The number of benzene rings is 3. The minimum Gasteiger partial charge on any atom is -0.486 e. The van der Waals surface area contributed by atoms with Gasteiger partial charge in [-0.15, -0.1) is 10.2 Å². The summed E-state index contributed by atoms with van der Waals surface area (Å²) in [5.41, 5.74) is 6.36. The number of halogens is 1. The van der Waals surface area contributed by atoms with Crippen LogP contribution in [0.2, 0.25) is 0 Å². The van der Waals surface area contributed by atoms with Crippen LogP contribution in [0.25, 0.3) is 0 Å². The van der Waals surface area contributed by atoms with Gasteiger partial charge in [0.25, 0.3) is 0 Å². The highest BCUT2D eigenvalue weighted by molar-refractivity contribution is 9.10. The number of nitrogens with zero attached hydrogens (tertiary/aromatic N) is 3. The third-order valence-corrected chi connectivity index (χ3v) is 7.17. The van der Waals surface area contributed by atoms with E-state index in [1.165, 1.54) is 11.8 Å². The maximum Gasteiger partial charge on any atom is 0.240 e. The molecule has 3 aromatic carbocycles. The molecule has 0 spiro atoms. The molecule has 2 unspecified atom stereocenters. The van der Waals surface area contributed by atoms with Gasteiger partial charge in [-0.1, -0.05) is 75.7 Å². The van der Waals surface area contributed by atoms with E-state index in [0.29, 0.717) is 11.0 Å². The summed E-state index contributed by atoms with van der Waals surface area (Å²) in [6.07, 6.45) is 0. The van der Waals surface area contributed by atoms with Crippen molar-refractivity contribution in [3.63, 3.8) is 0 Å². The Morgan fingerprint density at radius 1 is 1.06 bits per heavy atom. The molecule has 1 amide bonds. The number of hydrogen-bond donors (Lipinski definition) is 2. The summed E-state index contributed by atoms with van der Waals surface area (Å²) >= 11 is 4.81. The number of fused-ring (bicyclic) bond motifs is 1. The molecule has 1 aromatic heterocycles. The summed E-state index contributed by atoms with van der Waals surface area (Å²) in [5.74, 6) is 1.28. The topological polar surface area (TPSA) is 81.1 Å². The standard InChI is InChI=1S/C25H22BrN5O2S/c1-16-7-9-17(10-8-16)22-23(24(32)27-19-13-11-18(26)12-14-19)34-25-29-28-21(31(25)30-22)15-33-20-5-3-2-4-6-20/h2-14,22-23,30H,15H2,1H3,(H,27,32). The van der Waals surface area contributed by atoms with Gasteiger partial charge in [0.05, 0.1) is 6.04 Å². The Labute approximate surface area is 210 Å². The molecule has 172 valence electrons. The molecule has 4 aromatic rings. The van der Waals surface area contributed by atoms with Crippen molar-refractivity contribution in [2.24, 2.45) is 0 Å². The van der Waals surface area contributed by atoms with Gasteiger partial charge in [0.15, 0.2) is 5.82 Å². The van der Waals surface area contributed by atoms with E-state index >= 15 is 0 Å². The summed E-state index contributed by atoms with van der Waals surface area (Å²) in [6, 6.07) is 25.0. The molecule has 1 aliphatic rings. The lowest BCUT2D eigenvalue weighted by atomic mass is 10.0. The van der Waals surface area contributed by atoms with Crippen molar-refractivity contribution in [1.82, 2.24) is 14.9 Å². The molecule has 2 heterocycles. The second-order valence-corrected chi connectivity index (χ2v) is 9.91. The van der Waals surface area contributed by atoms with Crippen LogP contribution in [-0.2, 0) is 11.4 Å². The number of carbonyl (C=O) groups excluding carboxylic acids is 1. The van der Waals surface area contributed by atoms with E-state index in [2.05, 4.69) is 36.9 Å². The van der Waals surface area contributed by atoms with Gasteiger partial charge >= 0.3 is 0 Å². The highest BCUT2D eigenvalue weighted by Gasteiger charge is 2.38. The minimum absolute atomic E-state index is 0.110. The van der Waals surface area contributed by atoms with E-state index in [1.807, 2.05) is 90.5 Å². The Hall–Kier alpha value is -3.30. The third-order valence-electron chi connectivity index (χ3n) is 5.42. The maximum absolute atomic E-state index is 13.4. The number of amides is 1. The van der Waals surface area contributed by atoms with Crippen molar-refractivity contribution in [1.29, 1.82) is 0 Å². The lowest BCUT2D eigenvalue weighted by Crippen LogP contribution is -2.41. The number of carbonyl (C=O) groups is 1. The number of rotatable bonds is 6. The summed E-state index contributed by atoms with van der Waals surface area (Å²) in [6.45, 7) is 2.29. The Kier molecular flexibility index (Phi) is 6.55. The second kappa shape index (κ2) is 9.90. The first-order valence-electron chi connectivity index (χ1n) is 10.8. The monoisotopic (exact) mass is 535 g/mol. The molecule has 0 fully saturated rings. The highest BCUT2D eigenvalue weighted by Crippen LogP contribution is 2.37. The van der Waals surface area contributed by atoms with Gasteiger partial charge in [-0.05, 0) is 48.9 Å². The third kappa shape index (κ3) is 4.95. The summed E-state index contributed by atoms with van der Waals surface area (Å²) in [4.78, 5) is 13.4. The molecule has 2 N–H and O–H groups in total. The van der Waals surface area contributed by atoms with E-state index in [-0.39, 0.29) is 18.6 Å². The number of aromatic nitrogens is 3. The molecule has 9 heteroatoms. The highest BCUT2D eigenvalue weighted by atomic mass is 79.9. The number of ether oxygens (including phenoxy) is 1. The van der Waals surface area contributed by atoms with Crippen LogP contribution in [0.3, 0.4) is 0 Å². The van der Waals surface area contributed by atoms with E-state index in [1.54, 1.807) is 0 Å². The molecule has 5 rings (SSSR count). The molecule has 0 saturated heterocycles. The molecular weight excluding hydrogens is 514 g/mol. The van der Waals surface area contributed by atoms with Gasteiger partial charge in [0.2, 0.25) is 11.1 Å². The van der Waals surface area contributed by atoms with Crippen molar-refractivity contribution in [2.75, 3.05) is 10.7 Å². The quantitative estimate of drug-likeness (QED) is 0.347. The zero-order valence-electron chi connectivity index (χ0n) is 18.3. The Bertz CT molecular complexity index is 1280. The number of anilines is 1. The van der Waals surface area contributed by atoms with Gasteiger partial charge in [-0.2, -0.15) is 0 Å². The van der Waals surface area contributed by atoms with Gasteiger partial charge in [-0.25, -0.2) is 4.68 Å². The smallest absolute Gasteiger partial charge is 0.240 e. The van der Waals surface area contributed by atoms with Crippen molar-refractivity contribution < 1.29 is 9.53 Å². The van der Waals surface area contributed by atoms with Gasteiger partial charge < -0.3 is 15.5 Å². The fourth-order valence-corrected chi connectivity index (χ4v) is 4.99. The predicted octanol–water partition coefficient (Wildman–Crippen LogP) is 5.33. The van der Waals surface area contributed by atoms with Crippen molar-refractivity contribution >= 4 is 39.3 Å². The second-order valence-electron chi connectivity index (χ2n) is 7.89. The lowest BCUT2D eigenvalue weighted by molar-refractivity contribution is -0.116. The van der Waals surface area contributed by atoms with Crippen molar-refractivity contribution in [3.05, 3.63) is 100 Å². The molecule has 0 radical (unpaired) electrons. The summed E-state index contributed by atoms with van der Waals surface area (Å²) < 4.78 is 8.66. The molecule has 2 atom stereocenters. The Morgan fingerprint density at radius 3 is 2.53 bits per heavy atom. The van der Waals surface area contributed by atoms with E-state index in [0.717, 1.165) is 27.0 Å². The Balaban J connectivity index is 1.41. The largest absolute Gasteiger partial charge is 0.486 e. The van der Waals surface area contributed by atoms with Crippen LogP contribution in [0.5, 0.6) is 5.75 Å². The van der Waals surface area contributed by atoms with Crippen LogP contribution in [0.4, 0.5) is 5.69 Å². The minimum atomic E-state index is -0.453. The van der Waals surface area contributed by atoms with E-state index < -0.39 is 5.25 Å². The molecule has 7 nitrogen and oxygen atoms in total. The molecule has 1 aliphatic heterocycles. The van der Waals surface area contributed by atoms with Gasteiger partial charge in [0, 0.05) is 10.2 Å². The fraction of sp³-hybridized carbons (Fsp3) is 0.160. The first-order chi connectivity index (χ1) is 16.6. The first-order valence-corrected chi connectivity index (χ1v) is 12.4. The zero-order valence-corrected chi connectivity index (χ0v) is 20.7. The average molecular weight is 536 g/mol. The zero-order chi connectivity index (χ0) is 23.5. The number of nitrogens with one attached hydrogen (secondary N) is 2. The van der Waals surface area contributed by atoms with Crippen LogP contribution in [-0.4, -0.2) is 26.0 Å². The molecule has 0 saturated carbocycles. The molecule has 0 aliphatic carbocycles. The average Bonchev–Trinajstić information content (AvgIpc) is 3.26. The molecule has 0 bridgehead atoms. The van der Waals surface area contributed by atoms with Crippen molar-refractivity contribution in [2.45, 2.75) is 30.0 Å². The molecular formula is C25H22BrN5O2S.